The van der Waals surface area contributed by atoms with Crippen molar-refractivity contribution in [3.63, 3.8) is 0 Å². The van der Waals surface area contributed by atoms with Gasteiger partial charge in [-0.3, -0.25) is 4.79 Å². The third-order valence-electron chi connectivity index (χ3n) is 4.51. The van der Waals surface area contributed by atoms with Gasteiger partial charge in [0.15, 0.2) is 11.6 Å². The van der Waals surface area contributed by atoms with Crippen LogP contribution in [-0.2, 0) is 16.0 Å². The van der Waals surface area contributed by atoms with Crippen molar-refractivity contribution in [1.29, 1.82) is 0 Å². The van der Waals surface area contributed by atoms with Gasteiger partial charge in [-0.2, -0.15) is 0 Å². The summed E-state index contributed by atoms with van der Waals surface area (Å²) >= 11 is 0. The minimum Gasteiger partial charge on any atom is -0.368 e. The zero-order valence-electron chi connectivity index (χ0n) is 13.4. The molecule has 3 heterocycles. The molecule has 1 fully saturated rings. The SMILES string of the molecule is O=C(Nc1ccc(N2CCCc3ccccc32)nn1)C1CCCO1. The third kappa shape index (κ3) is 2.97. The van der Waals surface area contributed by atoms with E-state index >= 15 is 0 Å². The topological polar surface area (TPSA) is 67.4 Å². The summed E-state index contributed by atoms with van der Waals surface area (Å²) in [6.07, 6.45) is 3.52. The fourth-order valence-corrected chi connectivity index (χ4v) is 3.30. The Balaban J connectivity index is 1.49. The zero-order valence-corrected chi connectivity index (χ0v) is 13.4. The van der Waals surface area contributed by atoms with Gasteiger partial charge in [-0.15, -0.1) is 10.2 Å². The molecule has 0 bridgehead atoms. The molecule has 1 saturated heterocycles. The summed E-state index contributed by atoms with van der Waals surface area (Å²) in [6.45, 7) is 1.57. The van der Waals surface area contributed by atoms with Crippen molar-refractivity contribution < 1.29 is 9.53 Å². The molecule has 6 nitrogen and oxygen atoms in total. The molecular formula is C18H20N4O2. The quantitative estimate of drug-likeness (QED) is 0.940. The molecule has 1 amide bonds. The number of rotatable bonds is 3. The minimum absolute atomic E-state index is 0.141. The maximum Gasteiger partial charge on any atom is 0.254 e. The van der Waals surface area contributed by atoms with E-state index in [1.165, 1.54) is 11.3 Å². The van der Waals surface area contributed by atoms with Crippen LogP contribution < -0.4 is 10.2 Å². The standard InChI is InChI=1S/C18H20N4O2/c23-18(15-8-4-12-24-15)19-16-9-10-17(21-20-16)22-11-3-6-13-5-1-2-7-14(13)22/h1-2,5,7,9-10,15H,3-4,6,8,11-12H2,(H,19,20,23). The van der Waals surface area contributed by atoms with Gasteiger partial charge in [-0.1, -0.05) is 18.2 Å². The number of para-hydroxylation sites is 1. The van der Waals surface area contributed by atoms with E-state index in [2.05, 4.69) is 38.6 Å². The number of amides is 1. The number of aromatic nitrogens is 2. The number of benzene rings is 1. The number of ether oxygens (including phenoxy) is 1. The maximum absolute atomic E-state index is 12.1. The number of nitrogens with zero attached hydrogens (tertiary/aromatic N) is 3. The largest absolute Gasteiger partial charge is 0.368 e. The Kier molecular flexibility index (Phi) is 4.13. The van der Waals surface area contributed by atoms with Crippen LogP contribution in [0.1, 0.15) is 24.8 Å². The summed E-state index contributed by atoms with van der Waals surface area (Å²) in [6, 6.07) is 12.1. The molecule has 124 valence electrons. The van der Waals surface area contributed by atoms with Crippen molar-refractivity contribution in [3.8, 4) is 0 Å². The van der Waals surface area contributed by atoms with E-state index in [0.717, 1.165) is 38.0 Å². The first-order valence-electron chi connectivity index (χ1n) is 8.43. The van der Waals surface area contributed by atoms with Crippen molar-refractivity contribution in [2.45, 2.75) is 31.8 Å². The van der Waals surface area contributed by atoms with E-state index in [1.807, 2.05) is 12.1 Å². The molecule has 2 aliphatic heterocycles. The van der Waals surface area contributed by atoms with Crippen LogP contribution in [0.4, 0.5) is 17.3 Å². The summed E-state index contributed by atoms with van der Waals surface area (Å²) in [7, 11) is 0. The van der Waals surface area contributed by atoms with Gasteiger partial charge in [-0.25, -0.2) is 0 Å². The van der Waals surface area contributed by atoms with Crippen molar-refractivity contribution in [2.24, 2.45) is 0 Å². The van der Waals surface area contributed by atoms with Gasteiger partial charge in [-0.05, 0) is 49.4 Å². The predicted octanol–water partition coefficient (Wildman–Crippen LogP) is 2.68. The first-order chi connectivity index (χ1) is 11.8. The Morgan fingerprint density at radius 2 is 2.08 bits per heavy atom. The molecular weight excluding hydrogens is 304 g/mol. The monoisotopic (exact) mass is 324 g/mol. The molecule has 1 atom stereocenters. The molecule has 2 aliphatic rings. The molecule has 2 aromatic rings. The first kappa shape index (κ1) is 15.1. The van der Waals surface area contributed by atoms with Gasteiger partial charge in [0.2, 0.25) is 0 Å². The molecule has 6 heteroatoms. The smallest absolute Gasteiger partial charge is 0.254 e. The van der Waals surface area contributed by atoms with E-state index < -0.39 is 0 Å². The average Bonchev–Trinajstić information content (AvgIpc) is 3.17. The van der Waals surface area contributed by atoms with Gasteiger partial charge < -0.3 is 15.0 Å². The van der Waals surface area contributed by atoms with E-state index in [1.54, 1.807) is 6.07 Å². The van der Waals surface area contributed by atoms with Crippen LogP contribution in [0.3, 0.4) is 0 Å². The molecule has 24 heavy (non-hydrogen) atoms. The van der Waals surface area contributed by atoms with Gasteiger partial charge in [0.1, 0.15) is 6.10 Å². The Labute approximate surface area is 140 Å². The number of fused-ring (bicyclic) bond motifs is 1. The minimum atomic E-state index is -0.361. The van der Waals surface area contributed by atoms with Crippen molar-refractivity contribution in [3.05, 3.63) is 42.0 Å². The Hall–Kier alpha value is -2.47. The summed E-state index contributed by atoms with van der Waals surface area (Å²) in [4.78, 5) is 14.2. The molecule has 0 spiro atoms. The molecule has 0 saturated carbocycles. The van der Waals surface area contributed by atoms with Crippen molar-refractivity contribution in [1.82, 2.24) is 10.2 Å². The van der Waals surface area contributed by atoms with E-state index in [-0.39, 0.29) is 12.0 Å². The summed E-state index contributed by atoms with van der Waals surface area (Å²) in [5.74, 6) is 1.12. The fourth-order valence-electron chi connectivity index (χ4n) is 3.30. The van der Waals surface area contributed by atoms with Crippen molar-refractivity contribution in [2.75, 3.05) is 23.4 Å². The van der Waals surface area contributed by atoms with E-state index in [4.69, 9.17) is 4.74 Å². The van der Waals surface area contributed by atoms with Gasteiger partial charge >= 0.3 is 0 Å². The van der Waals surface area contributed by atoms with Crippen LogP contribution in [0.2, 0.25) is 0 Å². The Bertz CT molecular complexity index is 726. The fraction of sp³-hybridized carbons (Fsp3) is 0.389. The molecule has 1 aromatic heterocycles. The highest BCUT2D eigenvalue weighted by Gasteiger charge is 2.24. The van der Waals surface area contributed by atoms with Crippen LogP contribution >= 0.6 is 0 Å². The molecule has 1 unspecified atom stereocenters. The van der Waals surface area contributed by atoms with Crippen LogP contribution in [0.15, 0.2) is 36.4 Å². The lowest BCUT2D eigenvalue weighted by atomic mass is 10.0. The van der Waals surface area contributed by atoms with Crippen molar-refractivity contribution >= 4 is 23.2 Å². The number of hydrogen-bond donors (Lipinski definition) is 1. The van der Waals surface area contributed by atoms with E-state index in [0.29, 0.717) is 12.4 Å². The second-order valence-electron chi connectivity index (χ2n) is 6.15. The second kappa shape index (κ2) is 6.57. The van der Waals surface area contributed by atoms with Crippen LogP contribution in [0.5, 0.6) is 0 Å². The number of aryl methyl sites for hydroxylation is 1. The maximum atomic E-state index is 12.1. The second-order valence-corrected chi connectivity index (χ2v) is 6.15. The average molecular weight is 324 g/mol. The number of nitrogens with one attached hydrogen (secondary N) is 1. The van der Waals surface area contributed by atoms with Crippen LogP contribution in [-0.4, -0.2) is 35.4 Å². The highest BCUT2D eigenvalue weighted by atomic mass is 16.5. The molecule has 4 rings (SSSR count). The molecule has 1 aromatic carbocycles. The lowest BCUT2D eigenvalue weighted by Crippen LogP contribution is -2.28. The predicted molar refractivity (Wildman–Crippen MR) is 91.4 cm³/mol. The normalized spacial score (nSPS) is 19.8. The highest BCUT2D eigenvalue weighted by molar-refractivity contribution is 5.93. The summed E-state index contributed by atoms with van der Waals surface area (Å²) < 4.78 is 5.38. The summed E-state index contributed by atoms with van der Waals surface area (Å²) in [5.41, 5.74) is 2.52. The number of carbonyl (C=O) groups excluding carboxylic acids is 1. The molecule has 0 radical (unpaired) electrons. The molecule has 1 N–H and O–H groups in total. The Morgan fingerprint density at radius 3 is 2.88 bits per heavy atom. The number of carbonyl (C=O) groups is 1. The lowest BCUT2D eigenvalue weighted by molar-refractivity contribution is -0.124. The summed E-state index contributed by atoms with van der Waals surface area (Å²) in [5, 5.41) is 11.2. The zero-order chi connectivity index (χ0) is 16.4. The third-order valence-corrected chi connectivity index (χ3v) is 4.51. The lowest BCUT2D eigenvalue weighted by Gasteiger charge is -2.29. The molecule has 0 aliphatic carbocycles. The van der Waals surface area contributed by atoms with E-state index in [9.17, 15) is 4.79 Å². The van der Waals surface area contributed by atoms with Gasteiger partial charge in [0.05, 0.1) is 0 Å². The highest BCUT2D eigenvalue weighted by Crippen LogP contribution is 2.32. The van der Waals surface area contributed by atoms with Crippen LogP contribution in [0, 0.1) is 0 Å². The first-order valence-corrected chi connectivity index (χ1v) is 8.43. The van der Waals surface area contributed by atoms with Gasteiger partial charge in [0.25, 0.3) is 5.91 Å². The number of hydrogen-bond acceptors (Lipinski definition) is 5. The Morgan fingerprint density at radius 1 is 1.17 bits per heavy atom. The number of anilines is 3. The van der Waals surface area contributed by atoms with Crippen LogP contribution in [0.25, 0.3) is 0 Å². The van der Waals surface area contributed by atoms with Gasteiger partial charge in [0, 0.05) is 18.8 Å².